The van der Waals surface area contributed by atoms with Gasteiger partial charge >= 0.3 is 5.97 Å². The van der Waals surface area contributed by atoms with Crippen molar-refractivity contribution in [3.63, 3.8) is 0 Å². The molecule has 0 saturated carbocycles. The van der Waals surface area contributed by atoms with E-state index >= 15 is 0 Å². The van der Waals surface area contributed by atoms with Crippen molar-refractivity contribution in [2.75, 3.05) is 13.7 Å². The van der Waals surface area contributed by atoms with Crippen LogP contribution in [0.5, 0.6) is 5.75 Å². The Kier molecular flexibility index (Phi) is 4.61. The molecule has 1 aromatic heterocycles. The summed E-state index contributed by atoms with van der Waals surface area (Å²) in [5, 5.41) is 2.35. The molecule has 0 N–H and O–H groups in total. The van der Waals surface area contributed by atoms with Crippen molar-refractivity contribution in [3.05, 3.63) is 76.3 Å². The molecular weight excluding hydrogens is 308 g/mol. The van der Waals surface area contributed by atoms with Gasteiger partial charge in [0.2, 0.25) is 16.9 Å². The Labute approximate surface area is 138 Å². The summed E-state index contributed by atoms with van der Waals surface area (Å²) < 4.78 is 15.0. The summed E-state index contributed by atoms with van der Waals surface area (Å²) in [7, 11) is 1.22. The van der Waals surface area contributed by atoms with Gasteiger partial charge in [0.1, 0.15) is 6.26 Å². The van der Waals surface area contributed by atoms with Gasteiger partial charge in [-0.3, -0.25) is 4.79 Å². The molecule has 2 aromatic carbocycles. The van der Waals surface area contributed by atoms with Crippen LogP contribution in [0.3, 0.4) is 0 Å². The van der Waals surface area contributed by atoms with Crippen LogP contribution in [0.2, 0.25) is 0 Å². The Morgan fingerprint density at radius 1 is 1.08 bits per heavy atom. The molecular formula is C19H16O5. The first-order valence-electron chi connectivity index (χ1n) is 7.49. The fourth-order valence-electron chi connectivity index (χ4n) is 2.39. The third-order valence-corrected chi connectivity index (χ3v) is 3.65. The van der Waals surface area contributed by atoms with Crippen LogP contribution in [0.15, 0.2) is 64.0 Å². The van der Waals surface area contributed by atoms with Crippen molar-refractivity contribution >= 4 is 16.7 Å². The molecule has 0 aliphatic heterocycles. The number of carbonyl (C=O) groups excluding carboxylic acids is 1. The standard InChI is InChI=1S/C19H16O5/c1-22-19(21)17-11-16(20)18(12-24-17)23-9-8-13-6-7-14-4-2-3-5-15(14)10-13/h2-7,10-12H,8-9H2,1H3. The fraction of sp³-hybridized carbons (Fsp3) is 0.158. The van der Waals surface area contributed by atoms with E-state index in [1.165, 1.54) is 12.5 Å². The number of ether oxygens (including phenoxy) is 2. The highest BCUT2D eigenvalue weighted by molar-refractivity contribution is 5.86. The van der Waals surface area contributed by atoms with E-state index in [0.717, 1.165) is 23.3 Å². The number of hydrogen-bond donors (Lipinski definition) is 0. The van der Waals surface area contributed by atoms with E-state index in [1.807, 2.05) is 18.2 Å². The molecule has 3 aromatic rings. The van der Waals surface area contributed by atoms with Gasteiger partial charge in [0.15, 0.2) is 0 Å². The Balaban J connectivity index is 1.65. The van der Waals surface area contributed by atoms with E-state index in [1.54, 1.807) is 0 Å². The van der Waals surface area contributed by atoms with Gasteiger partial charge in [-0.15, -0.1) is 0 Å². The van der Waals surface area contributed by atoms with E-state index in [4.69, 9.17) is 9.15 Å². The zero-order chi connectivity index (χ0) is 16.9. The summed E-state index contributed by atoms with van der Waals surface area (Å²) in [6.45, 7) is 0.334. The van der Waals surface area contributed by atoms with Gasteiger partial charge in [-0.05, 0) is 16.3 Å². The fourth-order valence-corrected chi connectivity index (χ4v) is 2.39. The van der Waals surface area contributed by atoms with Crippen LogP contribution in [0.1, 0.15) is 16.1 Å². The third kappa shape index (κ3) is 3.46. The maximum Gasteiger partial charge on any atom is 0.374 e. The maximum atomic E-state index is 11.9. The van der Waals surface area contributed by atoms with Crippen molar-refractivity contribution < 1.29 is 18.7 Å². The lowest BCUT2D eigenvalue weighted by atomic mass is 10.1. The summed E-state index contributed by atoms with van der Waals surface area (Å²) in [5.41, 5.74) is 0.699. The lowest BCUT2D eigenvalue weighted by Gasteiger charge is -2.06. The second-order valence-corrected chi connectivity index (χ2v) is 5.24. The lowest BCUT2D eigenvalue weighted by Crippen LogP contribution is -2.12. The molecule has 5 heteroatoms. The second kappa shape index (κ2) is 7.00. The molecule has 0 amide bonds. The Morgan fingerprint density at radius 2 is 1.88 bits per heavy atom. The highest BCUT2D eigenvalue weighted by Crippen LogP contribution is 2.16. The number of rotatable bonds is 5. The third-order valence-electron chi connectivity index (χ3n) is 3.65. The molecule has 0 radical (unpaired) electrons. The van der Waals surface area contributed by atoms with Gasteiger partial charge in [0.25, 0.3) is 0 Å². The smallest absolute Gasteiger partial charge is 0.374 e. The van der Waals surface area contributed by atoms with Gasteiger partial charge in [-0.2, -0.15) is 0 Å². The first-order valence-corrected chi connectivity index (χ1v) is 7.49. The van der Waals surface area contributed by atoms with Crippen molar-refractivity contribution in [2.24, 2.45) is 0 Å². The van der Waals surface area contributed by atoms with Gasteiger partial charge in [-0.1, -0.05) is 42.5 Å². The van der Waals surface area contributed by atoms with E-state index in [0.29, 0.717) is 13.0 Å². The summed E-state index contributed by atoms with van der Waals surface area (Å²) in [6.07, 6.45) is 1.79. The highest BCUT2D eigenvalue weighted by atomic mass is 16.5. The van der Waals surface area contributed by atoms with Crippen LogP contribution < -0.4 is 10.2 Å². The summed E-state index contributed by atoms with van der Waals surface area (Å²) in [4.78, 5) is 23.2. The Morgan fingerprint density at radius 3 is 2.62 bits per heavy atom. The average Bonchev–Trinajstić information content (AvgIpc) is 2.62. The molecule has 0 saturated heterocycles. The maximum absolute atomic E-state index is 11.9. The monoisotopic (exact) mass is 324 g/mol. The van der Waals surface area contributed by atoms with Crippen molar-refractivity contribution in [2.45, 2.75) is 6.42 Å². The Bertz CT molecular complexity index is 926. The molecule has 0 aliphatic rings. The summed E-state index contributed by atoms with van der Waals surface area (Å²) >= 11 is 0. The van der Waals surface area contributed by atoms with Crippen LogP contribution in [-0.2, 0) is 11.2 Å². The van der Waals surface area contributed by atoms with Gasteiger partial charge < -0.3 is 13.9 Å². The molecule has 0 fully saturated rings. The van der Waals surface area contributed by atoms with Crippen molar-refractivity contribution in [1.82, 2.24) is 0 Å². The van der Waals surface area contributed by atoms with Gasteiger partial charge in [-0.25, -0.2) is 4.79 Å². The average molecular weight is 324 g/mol. The van der Waals surface area contributed by atoms with Gasteiger partial charge in [0.05, 0.1) is 13.7 Å². The minimum atomic E-state index is -0.699. The van der Waals surface area contributed by atoms with E-state index in [9.17, 15) is 9.59 Å². The topological polar surface area (TPSA) is 65.7 Å². The summed E-state index contributed by atoms with van der Waals surface area (Å²) in [5.74, 6) is -0.775. The van der Waals surface area contributed by atoms with Gasteiger partial charge in [0, 0.05) is 12.5 Å². The molecule has 0 atom stereocenters. The zero-order valence-electron chi connectivity index (χ0n) is 13.2. The minimum absolute atomic E-state index is 0.0726. The van der Waals surface area contributed by atoms with Crippen LogP contribution in [0.4, 0.5) is 0 Å². The number of benzene rings is 2. The van der Waals surface area contributed by atoms with Crippen LogP contribution in [0, 0.1) is 0 Å². The predicted molar refractivity (Wildman–Crippen MR) is 89.5 cm³/mol. The SMILES string of the molecule is COC(=O)c1cc(=O)c(OCCc2ccc3ccccc3c2)co1. The number of esters is 1. The van der Waals surface area contributed by atoms with E-state index in [2.05, 4.69) is 29.0 Å². The molecule has 24 heavy (non-hydrogen) atoms. The van der Waals surface area contributed by atoms with E-state index in [-0.39, 0.29) is 11.5 Å². The normalized spacial score (nSPS) is 10.5. The van der Waals surface area contributed by atoms with Crippen molar-refractivity contribution in [1.29, 1.82) is 0 Å². The molecule has 0 spiro atoms. The molecule has 0 aliphatic carbocycles. The highest BCUT2D eigenvalue weighted by Gasteiger charge is 2.12. The first-order chi connectivity index (χ1) is 11.7. The first kappa shape index (κ1) is 15.8. The minimum Gasteiger partial charge on any atom is -0.486 e. The molecule has 0 bridgehead atoms. The van der Waals surface area contributed by atoms with Crippen LogP contribution in [-0.4, -0.2) is 19.7 Å². The van der Waals surface area contributed by atoms with Crippen molar-refractivity contribution in [3.8, 4) is 5.75 Å². The lowest BCUT2D eigenvalue weighted by molar-refractivity contribution is 0.0561. The number of carbonyl (C=O) groups is 1. The Hall–Kier alpha value is -3.08. The molecule has 5 nitrogen and oxygen atoms in total. The summed E-state index contributed by atoms with van der Waals surface area (Å²) in [6, 6.07) is 15.4. The van der Waals surface area contributed by atoms with Crippen LogP contribution in [0.25, 0.3) is 10.8 Å². The zero-order valence-corrected chi connectivity index (χ0v) is 13.2. The largest absolute Gasteiger partial charge is 0.486 e. The molecule has 122 valence electrons. The van der Waals surface area contributed by atoms with E-state index < -0.39 is 11.4 Å². The second-order valence-electron chi connectivity index (χ2n) is 5.24. The number of methoxy groups -OCH3 is 1. The molecule has 1 heterocycles. The predicted octanol–water partition coefficient (Wildman–Crippen LogP) is 3.20. The molecule has 0 unspecified atom stereocenters. The van der Waals surface area contributed by atoms with Crippen LogP contribution >= 0.6 is 0 Å². The molecule has 3 rings (SSSR count). The quantitative estimate of drug-likeness (QED) is 0.674. The number of hydrogen-bond acceptors (Lipinski definition) is 5. The number of fused-ring (bicyclic) bond motifs is 1.